The Hall–Kier alpha value is -0.880. The number of hydrogen-bond acceptors (Lipinski definition) is 3. The van der Waals surface area contributed by atoms with Crippen LogP contribution in [0.4, 0.5) is 0 Å². The van der Waals surface area contributed by atoms with Crippen LogP contribution in [0.1, 0.15) is 18.9 Å². The van der Waals surface area contributed by atoms with Crippen molar-refractivity contribution in [2.75, 3.05) is 19.7 Å². The number of rotatable bonds is 7. The van der Waals surface area contributed by atoms with Gasteiger partial charge in [-0.05, 0) is 30.2 Å². The number of halogens is 1. The van der Waals surface area contributed by atoms with Crippen LogP contribution in [0.3, 0.4) is 0 Å². The molecular formula is C13H18ClNO3S. The second-order valence-corrected chi connectivity index (χ2v) is 6.28. The van der Waals surface area contributed by atoms with Gasteiger partial charge in [0.05, 0.1) is 6.61 Å². The SMILES string of the molecule is CCCN(CCO)S(=O)(=O)C=Cc1ccc(Cl)cc1. The number of sulfonamides is 1. The van der Waals surface area contributed by atoms with Gasteiger partial charge in [0, 0.05) is 23.5 Å². The van der Waals surface area contributed by atoms with Crippen molar-refractivity contribution in [3.8, 4) is 0 Å². The number of aliphatic hydroxyl groups excluding tert-OH is 1. The van der Waals surface area contributed by atoms with Gasteiger partial charge in [-0.3, -0.25) is 0 Å². The van der Waals surface area contributed by atoms with Gasteiger partial charge >= 0.3 is 0 Å². The van der Waals surface area contributed by atoms with Gasteiger partial charge in [0.2, 0.25) is 10.0 Å². The van der Waals surface area contributed by atoms with E-state index in [0.29, 0.717) is 18.0 Å². The minimum absolute atomic E-state index is 0.112. The Morgan fingerprint density at radius 2 is 1.89 bits per heavy atom. The fourth-order valence-corrected chi connectivity index (χ4v) is 2.95. The summed E-state index contributed by atoms with van der Waals surface area (Å²) in [5.41, 5.74) is 0.758. The van der Waals surface area contributed by atoms with Crippen LogP contribution in [0.2, 0.25) is 5.02 Å². The fraction of sp³-hybridized carbons (Fsp3) is 0.385. The fourth-order valence-electron chi connectivity index (χ4n) is 1.55. The number of benzene rings is 1. The predicted molar refractivity (Wildman–Crippen MR) is 78.4 cm³/mol. The van der Waals surface area contributed by atoms with E-state index in [4.69, 9.17) is 16.7 Å². The molecule has 0 aliphatic heterocycles. The third-order valence-electron chi connectivity index (χ3n) is 2.48. The summed E-state index contributed by atoms with van der Waals surface area (Å²) in [6, 6.07) is 6.88. The Balaban J connectivity index is 2.84. The first-order valence-corrected chi connectivity index (χ1v) is 7.92. The smallest absolute Gasteiger partial charge is 0.236 e. The first-order valence-electron chi connectivity index (χ1n) is 6.04. The van der Waals surface area contributed by atoms with E-state index in [-0.39, 0.29) is 13.2 Å². The minimum atomic E-state index is -3.50. The largest absolute Gasteiger partial charge is 0.395 e. The van der Waals surface area contributed by atoms with Crippen LogP contribution in [-0.4, -0.2) is 37.5 Å². The van der Waals surface area contributed by atoms with Crippen molar-refractivity contribution in [1.82, 2.24) is 4.31 Å². The topological polar surface area (TPSA) is 57.6 Å². The molecule has 0 atom stereocenters. The molecule has 0 aliphatic rings. The second-order valence-electron chi connectivity index (χ2n) is 4.02. The van der Waals surface area contributed by atoms with Crippen molar-refractivity contribution >= 4 is 27.7 Å². The predicted octanol–water partition coefficient (Wildman–Crippen LogP) is 2.34. The molecule has 19 heavy (non-hydrogen) atoms. The summed E-state index contributed by atoms with van der Waals surface area (Å²) in [6.07, 6.45) is 2.22. The summed E-state index contributed by atoms with van der Waals surface area (Å²) in [7, 11) is -3.50. The third-order valence-corrected chi connectivity index (χ3v) is 4.30. The highest BCUT2D eigenvalue weighted by Crippen LogP contribution is 2.12. The molecule has 0 aromatic heterocycles. The van der Waals surface area contributed by atoms with Crippen LogP contribution in [0, 0.1) is 0 Å². The minimum Gasteiger partial charge on any atom is -0.395 e. The molecule has 106 valence electrons. The first kappa shape index (κ1) is 16.2. The Morgan fingerprint density at radius 1 is 1.26 bits per heavy atom. The molecule has 0 fully saturated rings. The molecule has 1 aromatic rings. The van der Waals surface area contributed by atoms with Gasteiger partial charge in [0.15, 0.2) is 0 Å². The van der Waals surface area contributed by atoms with Crippen molar-refractivity contribution in [1.29, 1.82) is 0 Å². The highest BCUT2D eigenvalue weighted by molar-refractivity contribution is 7.92. The Bertz CT molecular complexity index is 505. The molecule has 0 aliphatic carbocycles. The summed E-state index contributed by atoms with van der Waals surface area (Å²) in [5, 5.41) is 10.7. The highest BCUT2D eigenvalue weighted by atomic mass is 35.5. The van der Waals surface area contributed by atoms with Crippen molar-refractivity contribution < 1.29 is 13.5 Å². The molecule has 0 heterocycles. The zero-order chi connectivity index (χ0) is 14.3. The molecule has 0 unspecified atom stereocenters. The Labute approximate surface area is 119 Å². The number of hydrogen-bond donors (Lipinski definition) is 1. The van der Waals surface area contributed by atoms with Gasteiger partial charge in [-0.2, -0.15) is 4.31 Å². The first-order chi connectivity index (χ1) is 8.99. The van der Waals surface area contributed by atoms with Crippen LogP contribution < -0.4 is 0 Å². The van der Waals surface area contributed by atoms with E-state index in [1.54, 1.807) is 24.3 Å². The maximum absolute atomic E-state index is 12.1. The molecule has 1 N–H and O–H groups in total. The number of nitrogens with zero attached hydrogens (tertiary/aromatic N) is 1. The monoisotopic (exact) mass is 303 g/mol. The van der Waals surface area contributed by atoms with Crippen molar-refractivity contribution in [3.05, 3.63) is 40.3 Å². The van der Waals surface area contributed by atoms with Crippen molar-refractivity contribution in [2.45, 2.75) is 13.3 Å². The molecule has 1 rings (SSSR count). The lowest BCUT2D eigenvalue weighted by Gasteiger charge is -2.18. The quantitative estimate of drug-likeness (QED) is 0.841. The van der Waals surface area contributed by atoms with Gasteiger partial charge < -0.3 is 5.11 Å². The molecule has 1 aromatic carbocycles. The normalized spacial score (nSPS) is 12.4. The molecule has 0 saturated heterocycles. The molecule has 0 radical (unpaired) electrons. The molecule has 4 nitrogen and oxygen atoms in total. The van der Waals surface area contributed by atoms with E-state index in [9.17, 15) is 8.42 Å². The zero-order valence-electron chi connectivity index (χ0n) is 10.8. The van der Waals surface area contributed by atoms with Crippen LogP contribution >= 0.6 is 11.6 Å². The molecule has 0 spiro atoms. The van der Waals surface area contributed by atoms with Gasteiger partial charge in [0.25, 0.3) is 0 Å². The zero-order valence-corrected chi connectivity index (χ0v) is 12.4. The van der Waals surface area contributed by atoms with Crippen molar-refractivity contribution in [3.63, 3.8) is 0 Å². The highest BCUT2D eigenvalue weighted by Gasteiger charge is 2.17. The van der Waals surface area contributed by atoms with Crippen LogP contribution in [-0.2, 0) is 10.0 Å². The van der Waals surface area contributed by atoms with Crippen molar-refractivity contribution in [2.24, 2.45) is 0 Å². The summed E-state index contributed by atoms with van der Waals surface area (Å²) in [6.45, 7) is 2.21. The van der Waals surface area contributed by atoms with Gasteiger partial charge in [-0.25, -0.2) is 8.42 Å². The van der Waals surface area contributed by atoms with E-state index in [0.717, 1.165) is 11.0 Å². The summed E-state index contributed by atoms with van der Waals surface area (Å²) < 4.78 is 25.4. The van der Waals surface area contributed by atoms with E-state index in [1.807, 2.05) is 6.92 Å². The summed E-state index contributed by atoms with van der Waals surface area (Å²) in [5.74, 6) is 0. The lowest BCUT2D eigenvalue weighted by atomic mass is 10.2. The molecular weight excluding hydrogens is 286 g/mol. The lowest BCUT2D eigenvalue weighted by Crippen LogP contribution is -2.32. The molecule has 6 heteroatoms. The molecule has 0 bridgehead atoms. The van der Waals surface area contributed by atoms with Crippen LogP contribution in [0.5, 0.6) is 0 Å². The maximum atomic E-state index is 12.1. The van der Waals surface area contributed by atoms with Gasteiger partial charge in [-0.15, -0.1) is 0 Å². The lowest BCUT2D eigenvalue weighted by molar-refractivity contribution is 0.254. The van der Waals surface area contributed by atoms with E-state index in [2.05, 4.69) is 0 Å². The van der Waals surface area contributed by atoms with Gasteiger partial charge in [0.1, 0.15) is 0 Å². The van der Waals surface area contributed by atoms with Crippen LogP contribution in [0.25, 0.3) is 6.08 Å². The number of aliphatic hydroxyl groups is 1. The molecule has 0 saturated carbocycles. The third kappa shape index (κ3) is 5.32. The Kier molecular flexibility index (Phi) is 6.51. The maximum Gasteiger partial charge on any atom is 0.236 e. The van der Waals surface area contributed by atoms with E-state index in [1.165, 1.54) is 10.4 Å². The molecule has 0 amide bonds. The van der Waals surface area contributed by atoms with E-state index >= 15 is 0 Å². The average Bonchev–Trinajstić information content (AvgIpc) is 2.38. The van der Waals surface area contributed by atoms with Gasteiger partial charge in [-0.1, -0.05) is 30.7 Å². The summed E-state index contributed by atoms with van der Waals surface area (Å²) in [4.78, 5) is 0. The second kappa shape index (κ2) is 7.65. The van der Waals surface area contributed by atoms with Crippen LogP contribution in [0.15, 0.2) is 29.7 Å². The Morgan fingerprint density at radius 3 is 2.42 bits per heavy atom. The standard InChI is InChI=1S/C13H18ClNO3S/c1-2-8-15(9-10-16)19(17,18)11-7-12-3-5-13(14)6-4-12/h3-7,11,16H,2,8-10H2,1H3. The summed E-state index contributed by atoms with van der Waals surface area (Å²) >= 11 is 5.76. The average molecular weight is 304 g/mol. The van der Waals surface area contributed by atoms with E-state index < -0.39 is 10.0 Å².